The van der Waals surface area contributed by atoms with E-state index in [9.17, 15) is 4.79 Å². The molecule has 0 saturated carbocycles. The van der Waals surface area contributed by atoms with Crippen molar-refractivity contribution in [1.82, 2.24) is 14.5 Å². The Morgan fingerprint density at radius 1 is 1.15 bits per heavy atom. The molecule has 26 heavy (non-hydrogen) atoms. The standard InChI is InChI=1S/C21H18N4O/c1-15(17-5-3-2-4-6-17)24-13-19-12-23-14-25(19)20(21(24)26)18-9-7-16(11-22)8-10-18/h2-10,12,14-15,20H,13H2,1H3/t15-,20?/m0/s1. The highest BCUT2D eigenvalue weighted by atomic mass is 16.2. The lowest BCUT2D eigenvalue weighted by Crippen LogP contribution is -2.43. The number of fused-ring (bicyclic) bond motifs is 1. The van der Waals surface area contributed by atoms with Crippen molar-refractivity contribution in [3.05, 3.63) is 89.5 Å². The molecule has 2 aromatic carbocycles. The third kappa shape index (κ3) is 2.66. The highest BCUT2D eigenvalue weighted by Gasteiger charge is 2.36. The molecule has 2 atom stereocenters. The fourth-order valence-corrected chi connectivity index (χ4v) is 3.50. The molecule has 0 bridgehead atoms. The normalized spacial score (nSPS) is 17.5. The number of imidazole rings is 1. The van der Waals surface area contributed by atoms with Crippen molar-refractivity contribution in [3.63, 3.8) is 0 Å². The number of nitrogens with zero attached hydrogens (tertiary/aromatic N) is 4. The van der Waals surface area contributed by atoms with Gasteiger partial charge in [-0.1, -0.05) is 42.5 Å². The van der Waals surface area contributed by atoms with E-state index in [1.54, 1.807) is 18.5 Å². The average molecular weight is 342 g/mol. The Bertz CT molecular complexity index is 969. The van der Waals surface area contributed by atoms with Crippen molar-refractivity contribution < 1.29 is 4.79 Å². The van der Waals surface area contributed by atoms with Crippen LogP contribution in [-0.4, -0.2) is 20.4 Å². The second-order valence-corrected chi connectivity index (χ2v) is 6.48. The van der Waals surface area contributed by atoms with E-state index >= 15 is 0 Å². The zero-order chi connectivity index (χ0) is 18.1. The van der Waals surface area contributed by atoms with E-state index in [1.165, 1.54) is 0 Å². The Kier molecular flexibility index (Phi) is 4.02. The molecule has 0 N–H and O–H groups in total. The van der Waals surface area contributed by atoms with Crippen LogP contribution in [0.25, 0.3) is 0 Å². The van der Waals surface area contributed by atoms with Crippen LogP contribution in [-0.2, 0) is 11.3 Å². The maximum absolute atomic E-state index is 13.4. The average Bonchev–Trinajstić information content (AvgIpc) is 3.16. The van der Waals surface area contributed by atoms with E-state index in [2.05, 4.69) is 18.0 Å². The molecule has 0 spiro atoms. The van der Waals surface area contributed by atoms with Gasteiger partial charge >= 0.3 is 0 Å². The second-order valence-electron chi connectivity index (χ2n) is 6.48. The van der Waals surface area contributed by atoms with Gasteiger partial charge in [0.1, 0.15) is 6.04 Å². The largest absolute Gasteiger partial charge is 0.328 e. The predicted molar refractivity (Wildman–Crippen MR) is 96.9 cm³/mol. The van der Waals surface area contributed by atoms with Gasteiger partial charge in [-0.25, -0.2) is 4.98 Å². The lowest BCUT2D eigenvalue weighted by molar-refractivity contribution is -0.138. The number of hydrogen-bond donors (Lipinski definition) is 0. The molecule has 4 rings (SSSR count). The Morgan fingerprint density at radius 3 is 2.58 bits per heavy atom. The van der Waals surface area contributed by atoms with Gasteiger partial charge in [-0.2, -0.15) is 5.26 Å². The second kappa shape index (κ2) is 6.49. The summed E-state index contributed by atoms with van der Waals surface area (Å²) in [6.45, 7) is 2.58. The summed E-state index contributed by atoms with van der Waals surface area (Å²) < 4.78 is 1.93. The quantitative estimate of drug-likeness (QED) is 0.732. The van der Waals surface area contributed by atoms with Gasteiger partial charge in [0, 0.05) is 6.20 Å². The first-order valence-corrected chi connectivity index (χ1v) is 8.55. The number of amides is 1. The summed E-state index contributed by atoms with van der Waals surface area (Å²) in [5.74, 6) is 0.0385. The molecule has 2 heterocycles. The van der Waals surface area contributed by atoms with Crippen molar-refractivity contribution in [2.75, 3.05) is 0 Å². The third-order valence-electron chi connectivity index (χ3n) is 4.98. The van der Waals surface area contributed by atoms with Gasteiger partial charge in [-0.15, -0.1) is 0 Å². The molecule has 0 aliphatic carbocycles. The van der Waals surface area contributed by atoms with Crippen LogP contribution in [0.4, 0.5) is 0 Å². The molecule has 1 aliphatic heterocycles. The zero-order valence-electron chi connectivity index (χ0n) is 14.4. The number of nitriles is 1. The van der Waals surface area contributed by atoms with Crippen molar-refractivity contribution in [1.29, 1.82) is 5.26 Å². The topological polar surface area (TPSA) is 61.9 Å². The maximum Gasteiger partial charge on any atom is 0.251 e. The Hall–Kier alpha value is -3.39. The molecule has 3 aromatic rings. The smallest absolute Gasteiger partial charge is 0.251 e. The lowest BCUT2D eigenvalue weighted by atomic mass is 9.98. The van der Waals surface area contributed by atoms with Gasteiger partial charge in [0.25, 0.3) is 5.91 Å². The molecule has 5 nitrogen and oxygen atoms in total. The van der Waals surface area contributed by atoms with Crippen LogP contribution >= 0.6 is 0 Å². The molecule has 128 valence electrons. The van der Waals surface area contributed by atoms with Crippen molar-refractivity contribution in [3.8, 4) is 6.07 Å². The fraction of sp³-hybridized carbons (Fsp3) is 0.190. The molecule has 0 fully saturated rings. The number of aromatic nitrogens is 2. The number of rotatable bonds is 3. The fourth-order valence-electron chi connectivity index (χ4n) is 3.50. The minimum absolute atomic E-state index is 0.0340. The number of hydrogen-bond acceptors (Lipinski definition) is 3. The van der Waals surface area contributed by atoms with Crippen LogP contribution in [0, 0.1) is 11.3 Å². The molecule has 1 aliphatic rings. The number of carbonyl (C=O) groups is 1. The molecule has 1 unspecified atom stereocenters. The van der Waals surface area contributed by atoms with E-state index in [-0.39, 0.29) is 11.9 Å². The van der Waals surface area contributed by atoms with Crippen molar-refractivity contribution in [2.45, 2.75) is 25.6 Å². The third-order valence-corrected chi connectivity index (χ3v) is 4.98. The summed E-state index contributed by atoms with van der Waals surface area (Å²) >= 11 is 0. The Balaban J connectivity index is 1.74. The highest BCUT2D eigenvalue weighted by molar-refractivity contribution is 5.85. The first-order chi connectivity index (χ1) is 12.7. The highest BCUT2D eigenvalue weighted by Crippen LogP contribution is 2.33. The molecule has 5 heteroatoms. The van der Waals surface area contributed by atoms with Crippen molar-refractivity contribution in [2.24, 2.45) is 0 Å². The minimum Gasteiger partial charge on any atom is -0.328 e. The first-order valence-electron chi connectivity index (χ1n) is 8.55. The predicted octanol–water partition coefficient (Wildman–Crippen LogP) is 3.45. The molecule has 1 amide bonds. The van der Waals surface area contributed by atoms with Crippen LogP contribution in [0.15, 0.2) is 67.1 Å². The zero-order valence-corrected chi connectivity index (χ0v) is 14.4. The summed E-state index contributed by atoms with van der Waals surface area (Å²) in [6.07, 6.45) is 3.52. The Morgan fingerprint density at radius 2 is 1.88 bits per heavy atom. The van der Waals surface area contributed by atoms with E-state index < -0.39 is 6.04 Å². The van der Waals surface area contributed by atoms with Crippen molar-refractivity contribution >= 4 is 5.91 Å². The maximum atomic E-state index is 13.4. The van der Waals surface area contributed by atoms with Crippen LogP contribution in [0.2, 0.25) is 0 Å². The summed E-state index contributed by atoms with van der Waals surface area (Å²) in [6, 6.07) is 18.9. The first kappa shape index (κ1) is 16.1. The van der Waals surface area contributed by atoms with Gasteiger partial charge in [0.2, 0.25) is 0 Å². The molecule has 0 radical (unpaired) electrons. The number of benzene rings is 2. The SMILES string of the molecule is C[C@@H](c1ccccc1)N1Cc2cncn2C(c2ccc(C#N)cc2)C1=O. The van der Waals surface area contributed by atoms with E-state index in [1.807, 2.05) is 58.1 Å². The summed E-state index contributed by atoms with van der Waals surface area (Å²) in [7, 11) is 0. The van der Waals surface area contributed by atoms with Gasteiger partial charge in [0.05, 0.1) is 36.2 Å². The molecule has 0 saturated heterocycles. The van der Waals surface area contributed by atoms with Crippen LogP contribution < -0.4 is 0 Å². The molecular formula is C21H18N4O. The molecule has 1 aromatic heterocycles. The van der Waals surface area contributed by atoms with Gasteiger partial charge in [-0.3, -0.25) is 4.79 Å². The van der Waals surface area contributed by atoms with Gasteiger partial charge in [-0.05, 0) is 30.2 Å². The van der Waals surface area contributed by atoms with Crippen LogP contribution in [0.3, 0.4) is 0 Å². The number of carbonyl (C=O) groups excluding carboxylic acids is 1. The Labute approximate surface area is 152 Å². The summed E-state index contributed by atoms with van der Waals surface area (Å²) in [5, 5.41) is 9.02. The van der Waals surface area contributed by atoms with E-state index in [4.69, 9.17) is 5.26 Å². The van der Waals surface area contributed by atoms with Crippen LogP contribution in [0.1, 0.15) is 41.4 Å². The van der Waals surface area contributed by atoms with Gasteiger partial charge < -0.3 is 9.47 Å². The molecular weight excluding hydrogens is 324 g/mol. The lowest BCUT2D eigenvalue weighted by Gasteiger charge is -2.38. The summed E-state index contributed by atoms with van der Waals surface area (Å²) in [4.78, 5) is 19.5. The van der Waals surface area contributed by atoms with E-state index in [0.717, 1.165) is 16.8 Å². The van der Waals surface area contributed by atoms with Crippen LogP contribution in [0.5, 0.6) is 0 Å². The minimum atomic E-state index is -0.458. The summed E-state index contributed by atoms with van der Waals surface area (Å²) in [5.41, 5.74) is 3.55. The van der Waals surface area contributed by atoms with E-state index in [0.29, 0.717) is 12.1 Å². The monoisotopic (exact) mass is 342 g/mol. The van der Waals surface area contributed by atoms with Gasteiger partial charge in [0.15, 0.2) is 0 Å².